The SMILES string of the molecule is COc1cc(NCC(CS(=O)(=O)O)S(=O)(=O)O)cc(OC)c1. The Kier molecular flexibility index (Phi) is 6.00. The van der Waals surface area contributed by atoms with Crippen molar-refractivity contribution in [3.05, 3.63) is 18.2 Å². The molecule has 0 bridgehead atoms. The van der Waals surface area contributed by atoms with Gasteiger partial charge in [-0.25, -0.2) is 0 Å². The molecule has 0 amide bonds. The minimum atomic E-state index is -4.66. The molecule has 9 nitrogen and oxygen atoms in total. The molecule has 0 saturated carbocycles. The highest BCUT2D eigenvalue weighted by Crippen LogP contribution is 2.25. The summed E-state index contributed by atoms with van der Waals surface area (Å²) in [7, 11) is -6.37. The molecule has 126 valence electrons. The van der Waals surface area contributed by atoms with Crippen LogP contribution in [0, 0.1) is 0 Å². The number of benzene rings is 1. The number of hydrogen-bond donors (Lipinski definition) is 3. The maximum atomic E-state index is 11.2. The van der Waals surface area contributed by atoms with E-state index in [9.17, 15) is 16.8 Å². The third-order valence-corrected chi connectivity index (χ3v) is 4.91. The van der Waals surface area contributed by atoms with E-state index >= 15 is 0 Å². The van der Waals surface area contributed by atoms with Gasteiger partial charge in [-0.1, -0.05) is 0 Å². The summed E-state index contributed by atoms with van der Waals surface area (Å²) in [5, 5.41) is 0.926. The zero-order valence-corrected chi connectivity index (χ0v) is 13.5. The Morgan fingerprint density at radius 3 is 1.91 bits per heavy atom. The zero-order valence-electron chi connectivity index (χ0n) is 11.9. The lowest BCUT2D eigenvalue weighted by Crippen LogP contribution is -2.35. The highest BCUT2D eigenvalue weighted by Gasteiger charge is 2.28. The fourth-order valence-electron chi connectivity index (χ4n) is 1.63. The average molecular weight is 355 g/mol. The van der Waals surface area contributed by atoms with Crippen molar-refractivity contribution in [1.82, 2.24) is 0 Å². The molecule has 1 aromatic carbocycles. The van der Waals surface area contributed by atoms with Gasteiger partial charge in [0.2, 0.25) is 0 Å². The van der Waals surface area contributed by atoms with Crippen LogP contribution in [0.1, 0.15) is 0 Å². The molecule has 0 fully saturated rings. The second-order valence-electron chi connectivity index (χ2n) is 4.37. The predicted molar refractivity (Wildman–Crippen MR) is 79.8 cm³/mol. The van der Waals surface area contributed by atoms with Crippen LogP contribution in [0.25, 0.3) is 0 Å². The number of methoxy groups -OCH3 is 2. The third kappa shape index (κ3) is 6.05. The molecule has 0 aliphatic carbocycles. The number of hydrogen-bond acceptors (Lipinski definition) is 7. The number of nitrogens with one attached hydrogen (secondary N) is 1. The van der Waals surface area contributed by atoms with E-state index in [2.05, 4.69) is 5.32 Å². The lowest BCUT2D eigenvalue weighted by Gasteiger charge is -2.15. The molecule has 0 aliphatic heterocycles. The molecule has 0 spiro atoms. The van der Waals surface area contributed by atoms with Gasteiger partial charge >= 0.3 is 0 Å². The van der Waals surface area contributed by atoms with Crippen LogP contribution in [0.5, 0.6) is 11.5 Å². The minimum Gasteiger partial charge on any atom is -0.497 e. The van der Waals surface area contributed by atoms with Gasteiger partial charge in [-0.2, -0.15) is 16.8 Å². The first-order valence-corrected chi connectivity index (χ1v) is 9.05. The van der Waals surface area contributed by atoms with E-state index in [1.165, 1.54) is 26.4 Å². The molecule has 0 saturated heterocycles. The van der Waals surface area contributed by atoms with E-state index in [0.29, 0.717) is 17.2 Å². The Hall–Kier alpha value is -1.56. The summed E-state index contributed by atoms with van der Waals surface area (Å²) in [6.07, 6.45) is 0. The predicted octanol–water partition coefficient (Wildman–Crippen LogP) is 0.260. The maximum absolute atomic E-state index is 11.2. The van der Waals surface area contributed by atoms with E-state index in [-0.39, 0.29) is 0 Å². The van der Waals surface area contributed by atoms with Crippen LogP contribution in [0.3, 0.4) is 0 Å². The number of anilines is 1. The van der Waals surface area contributed by atoms with Crippen LogP contribution in [0.2, 0.25) is 0 Å². The Morgan fingerprint density at radius 2 is 1.55 bits per heavy atom. The largest absolute Gasteiger partial charge is 0.497 e. The van der Waals surface area contributed by atoms with Crippen LogP contribution in [0.4, 0.5) is 5.69 Å². The summed E-state index contributed by atoms with van der Waals surface area (Å²) in [5.41, 5.74) is 0.389. The monoisotopic (exact) mass is 355 g/mol. The summed E-state index contributed by atoms with van der Waals surface area (Å²) < 4.78 is 71.8. The van der Waals surface area contributed by atoms with Crippen molar-refractivity contribution in [2.75, 3.05) is 31.8 Å². The van der Waals surface area contributed by atoms with Crippen LogP contribution in [-0.4, -0.2) is 57.7 Å². The molecule has 11 heteroatoms. The van der Waals surface area contributed by atoms with Crippen molar-refractivity contribution in [3.63, 3.8) is 0 Å². The Morgan fingerprint density at radius 1 is 1.05 bits per heavy atom. The van der Waals surface area contributed by atoms with Crippen molar-refractivity contribution in [1.29, 1.82) is 0 Å². The molecule has 1 aromatic rings. The molecule has 0 heterocycles. The van der Waals surface area contributed by atoms with E-state index in [4.69, 9.17) is 18.6 Å². The summed E-state index contributed by atoms with van der Waals surface area (Å²) >= 11 is 0. The van der Waals surface area contributed by atoms with E-state index in [0.717, 1.165) is 0 Å². The van der Waals surface area contributed by atoms with Gasteiger partial charge in [0.25, 0.3) is 20.2 Å². The molecule has 1 rings (SSSR count). The second-order valence-corrected chi connectivity index (χ2v) is 7.56. The van der Waals surface area contributed by atoms with E-state index < -0.39 is 37.8 Å². The fraction of sp³-hybridized carbons (Fsp3) is 0.455. The van der Waals surface area contributed by atoms with Crippen molar-refractivity contribution in [2.24, 2.45) is 0 Å². The lowest BCUT2D eigenvalue weighted by atomic mass is 10.2. The van der Waals surface area contributed by atoms with E-state index in [1.54, 1.807) is 6.07 Å². The molecular weight excluding hydrogens is 338 g/mol. The molecule has 0 radical (unpaired) electrons. The first kappa shape index (κ1) is 18.5. The first-order chi connectivity index (χ1) is 10.0. The smallest absolute Gasteiger partial charge is 0.270 e. The lowest BCUT2D eigenvalue weighted by molar-refractivity contribution is 0.394. The Bertz CT molecular complexity index is 691. The molecule has 1 unspecified atom stereocenters. The molecule has 0 aromatic heterocycles. The molecule has 22 heavy (non-hydrogen) atoms. The fourth-order valence-corrected chi connectivity index (χ4v) is 3.71. The topological polar surface area (TPSA) is 139 Å². The van der Waals surface area contributed by atoms with Gasteiger partial charge in [-0.3, -0.25) is 9.11 Å². The number of ether oxygens (including phenoxy) is 2. The van der Waals surface area contributed by atoms with Gasteiger partial charge < -0.3 is 14.8 Å². The van der Waals surface area contributed by atoms with Crippen molar-refractivity contribution >= 4 is 25.9 Å². The van der Waals surface area contributed by atoms with Crippen LogP contribution >= 0.6 is 0 Å². The van der Waals surface area contributed by atoms with Gasteiger partial charge in [0.1, 0.15) is 16.7 Å². The standard InChI is InChI=1S/C11H17NO8S2/c1-19-9-3-8(4-10(5-9)20-2)12-6-11(22(16,17)18)7-21(13,14)15/h3-5,11-12H,6-7H2,1-2H3,(H,13,14,15)(H,16,17,18). The average Bonchev–Trinajstić information content (AvgIpc) is 2.40. The van der Waals surface area contributed by atoms with Gasteiger partial charge in [0, 0.05) is 30.4 Å². The Labute approximate surface area is 128 Å². The minimum absolute atomic E-state index is 0.389. The van der Waals surface area contributed by atoms with Crippen LogP contribution in [-0.2, 0) is 20.2 Å². The highest BCUT2D eigenvalue weighted by molar-refractivity contribution is 7.90. The summed E-state index contributed by atoms with van der Waals surface area (Å²) in [5.74, 6) is -0.264. The second kappa shape index (κ2) is 7.13. The summed E-state index contributed by atoms with van der Waals surface area (Å²) in [4.78, 5) is 0. The van der Waals surface area contributed by atoms with Gasteiger partial charge in [0.05, 0.1) is 20.0 Å². The Balaban J connectivity index is 2.94. The van der Waals surface area contributed by atoms with Gasteiger partial charge in [-0.15, -0.1) is 0 Å². The molecule has 0 aliphatic rings. The molecular formula is C11H17NO8S2. The van der Waals surface area contributed by atoms with Gasteiger partial charge in [0.15, 0.2) is 0 Å². The van der Waals surface area contributed by atoms with Crippen LogP contribution in [0.15, 0.2) is 18.2 Å². The van der Waals surface area contributed by atoms with Crippen molar-refractivity contribution in [3.8, 4) is 11.5 Å². The maximum Gasteiger partial charge on any atom is 0.270 e. The van der Waals surface area contributed by atoms with Crippen molar-refractivity contribution in [2.45, 2.75) is 5.25 Å². The van der Waals surface area contributed by atoms with Crippen LogP contribution < -0.4 is 14.8 Å². The molecule has 1 atom stereocenters. The molecule has 3 N–H and O–H groups in total. The quantitative estimate of drug-likeness (QED) is 0.560. The number of rotatable bonds is 8. The highest BCUT2D eigenvalue weighted by atomic mass is 32.2. The zero-order chi connectivity index (χ0) is 17.0. The van der Waals surface area contributed by atoms with Crippen molar-refractivity contribution < 1.29 is 35.4 Å². The summed E-state index contributed by atoms with van der Waals surface area (Å²) in [6, 6.07) is 4.64. The van der Waals surface area contributed by atoms with E-state index in [1.807, 2.05) is 0 Å². The van der Waals surface area contributed by atoms with Gasteiger partial charge in [-0.05, 0) is 0 Å². The third-order valence-electron chi connectivity index (χ3n) is 2.70. The summed E-state index contributed by atoms with van der Waals surface area (Å²) in [6.45, 7) is -0.436. The first-order valence-electron chi connectivity index (χ1n) is 5.93. The normalized spacial score (nSPS) is 13.5.